The maximum absolute atomic E-state index is 5.92. The molecule has 2 rings (SSSR count). The Morgan fingerprint density at radius 3 is 2.67 bits per heavy atom. The predicted octanol–water partition coefficient (Wildman–Crippen LogP) is 1.52. The Kier molecular flexibility index (Phi) is 1.26. The average Bonchev–Trinajstić information content (AvgIpc) is 2.09. The van der Waals surface area contributed by atoms with Gasteiger partial charge in [-0.05, 0) is 31.1 Å². The number of rotatable bonds is 0. The summed E-state index contributed by atoms with van der Waals surface area (Å²) >= 11 is 0. The molecular formula is C8H15N. The summed E-state index contributed by atoms with van der Waals surface area (Å²) in [6.07, 6.45) is 7.09. The Hall–Kier alpha value is -0.0400. The summed E-state index contributed by atoms with van der Waals surface area (Å²) in [6, 6.07) is 0.567. The van der Waals surface area contributed by atoms with Crippen LogP contribution in [0, 0.1) is 11.8 Å². The zero-order chi connectivity index (χ0) is 6.27. The predicted molar refractivity (Wildman–Crippen MR) is 38.0 cm³/mol. The van der Waals surface area contributed by atoms with Crippen LogP contribution in [0.2, 0.25) is 0 Å². The molecule has 0 amide bonds. The Morgan fingerprint density at radius 2 is 2.00 bits per heavy atom. The van der Waals surface area contributed by atoms with E-state index in [1.165, 1.54) is 32.1 Å². The molecule has 1 heteroatoms. The summed E-state index contributed by atoms with van der Waals surface area (Å²) in [5, 5.41) is 0. The standard InChI is InChI=1S/C8H15N/c9-8-5-6-2-1-3-7(8)4-6/h6-8H,1-5,9H2/t6-,7+,8-/m0/s1. The van der Waals surface area contributed by atoms with Crippen molar-refractivity contribution in [1.82, 2.24) is 0 Å². The van der Waals surface area contributed by atoms with Crippen molar-refractivity contribution in [3.05, 3.63) is 0 Å². The number of hydrogen-bond acceptors (Lipinski definition) is 1. The summed E-state index contributed by atoms with van der Waals surface area (Å²) in [4.78, 5) is 0. The molecule has 0 radical (unpaired) electrons. The molecule has 9 heavy (non-hydrogen) atoms. The monoisotopic (exact) mass is 125 g/mol. The summed E-state index contributed by atoms with van der Waals surface area (Å²) in [5.74, 6) is 1.92. The lowest BCUT2D eigenvalue weighted by Gasteiger charge is -2.18. The Labute approximate surface area is 56.6 Å². The maximum Gasteiger partial charge on any atom is 0.00699 e. The van der Waals surface area contributed by atoms with Gasteiger partial charge < -0.3 is 5.73 Å². The molecule has 3 atom stereocenters. The highest BCUT2D eigenvalue weighted by molar-refractivity contribution is 4.89. The Balaban J connectivity index is 2.07. The largest absolute Gasteiger partial charge is 0.327 e. The molecule has 2 N–H and O–H groups in total. The lowest BCUT2D eigenvalue weighted by atomic mass is 9.89. The van der Waals surface area contributed by atoms with E-state index in [1.807, 2.05) is 0 Å². The van der Waals surface area contributed by atoms with E-state index in [-0.39, 0.29) is 0 Å². The van der Waals surface area contributed by atoms with E-state index < -0.39 is 0 Å². The van der Waals surface area contributed by atoms with Crippen molar-refractivity contribution in [1.29, 1.82) is 0 Å². The van der Waals surface area contributed by atoms with Gasteiger partial charge >= 0.3 is 0 Å². The first kappa shape index (κ1) is 5.72. The van der Waals surface area contributed by atoms with Crippen LogP contribution in [-0.4, -0.2) is 6.04 Å². The highest BCUT2D eigenvalue weighted by Gasteiger charge is 2.34. The molecular weight excluding hydrogens is 110 g/mol. The van der Waals surface area contributed by atoms with Crippen LogP contribution in [0.25, 0.3) is 0 Å². The van der Waals surface area contributed by atoms with E-state index in [4.69, 9.17) is 5.73 Å². The lowest BCUT2D eigenvalue weighted by Crippen LogP contribution is -2.23. The average molecular weight is 125 g/mol. The van der Waals surface area contributed by atoms with Crippen molar-refractivity contribution in [2.75, 3.05) is 0 Å². The molecule has 0 spiro atoms. The molecule has 0 aromatic heterocycles. The lowest BCUT2D eigenvalue weighted by molar-refractivity contribution is 0.350. The zero-order valence-corrected chi connectivity index (χ0v) is 5.84. The van der Waals surface area contributed by atoms with Crippen molar-refractivity contribution in [2.24, 2.45) is 17.6 Å². The normalized spacial score (nSPS) is 49.7. The Bertz CT molecular complexity index is 109. The molecule has 1 nitrogen and oxygen atoms in total. The van der Waals surface area contributed by atoms with Crippen LogP contribution >= 0.6 is 0 Å². The quantitative estimate of drug-likeness (QED) is 0.522. The van der Waals surface area contributed by atoms with E-state index in [9.17, 15) is 0 Å². The molecule has 0 unspecified atom stereocenters. The third-order valence-corrected chi connectivity index (χ3v) is 3.03. The van der Waals surface area contributed by atoms with Gasteiger partial charge in [0.1, 0.15) is 0 Å². The van der Waals surface area contributed by atoms with Gasteiger partial charge in [0.25, 0.3) is 0 Å². The van der Waals surface area contributed by atoms with Crippen molar-refractivity contribution < 1.29 is 0 Å². The van der Waals surface area contributed by atoms with Gasteiger partial charge in [-0.25, -0.2) is 0 Å². The minimum Gasteiger partial charge on any atom is -0.327 e. The fourth-order valence-corrected chi connectivity index (χ4v) is 2.51. The van der Waals surface area contributed by atoms with Crippen molar-refractivity contribution in [3.63, 3.8) is 0 Å². The van der Waals surface area contributed by atoms with E-state index in [2.05, 4.69) is 0 Å². The molecule has 2 aliphatic carbocycles. The summed E-state index contributed by atoms with van der Waals surface area (Å²) in [7, 11) is 0. The summed E-state index contributed by atoms with van der Waals surface area (Å²) in [6.45, 7) is 0. The fourth-order valence-electron chi connectivity index (χ4n) is 2.51. The minimum absolute atomic E-state index is 0.567. The van der Waals surface area contributed by atoms with E-state index >= 15 is 0 Å². The van der Waals surface area contributed by atoms with Crippen molar-refractivity contribution in [3.8, 4) is 0 Å². The van der Waals surface area contributed by atoms with Gasteiger partial charge in [0.15, 0.2) is 0 Å². The van der Waals surface area contributed by atoms with Crippen LogP contribution in [0.4, 0.5) is 0 Å². The molecule has 0 saturated heterocycles. The molecule has 0 heterocycles. The van der Waals surface area contributed by atoms with E-state index in [0.29, 0.717) is 6.04 Å². The van der Waals surface area contributed by atoms with Crippen LogP contribution in [-0.2, 0) is 0 Å². The van der Waals surface area contributed by atoms with Gasteiger partial charge in [0, 0.05) is 6.04 Å². The second-order valence-electron chi connectivity index (χ2n) is 3.69. The molecule has 2 saturated carbocycles. The van der Waals surface area contributed by atoms with Gasteiger partial charge in [-0.15, -0.1) is 0 Å². The number of fused-ring (bicyclic) bond motifs is 2. The fraction of sp³-hybridized carbons (Fsp3) is 1.00. The first-order valence-corrected chi connectivity index (χ1v) is 4.12. The van der Waals surface area contributed by atoms with Gasteiger partial charge in [0.05, 0.1) is 0 Å². The van der Waals surface area contributed by atoms with Gasteiger partial charge in [-0.2, -0.15) is 0 Å². The molecule has 2 aliphatic rings. The molecule has 2 bridgehead atoms. The van der Waals surface area contributed by atoms with E-state index in [1.54, 1.807) is 0 Å². The summed E-state index contributed by atoms with van der Waals surface area (Å²) < 4.78 is 0. The van der Waals surface area contributed by atoms with Crippen molar-refractivity contribution in [2.45, 2.75) is 38.1 Å². The summed E-state index contributed by atoms with van der Waals surface area (Å²) in [5.41, 5.74) is 5.92. The topological polar surface area (TPSA) is 26.0 Å². The van der Waals surface area contributed by atoms with Crippen LogP contribution < -0.4 is 5.73 Å². The molecule has 52 valence electrons. The van der Waals surface area contributed by atoms with Gasteiger partial charge in [0.2, 0.25) is 0 Å². The van der Waals surface area contributed by atoms with Gasteiger partial charge in [-0.3, -0.25) is 0 Å². The highest BCUT2D eigenvalue weighted by atomic mass is 14.7. The Morgan fingerprint density at radius 1 is 1.11 bits per heavy atom. The van der Waals surface area contributed by atoms with Crippen LogP contribution in [0.3, 0.4) is 0 Å². The molecule has 0 aliphatic heterocycles. The number of nitrogens with two attached hydrogens (primary N) is 1. The second kappa shape index (κ2) is 1.98. The van der Waals surface area contributed by atoms with Crippen LogP contribution in [0.15, 0.2) is 0 Å². The second-order valence-corrected chi connectivity index (χ2v) is 3.69. The number of hydrogen-bond donors (Lipinski definition) is 1. The molecule has 0 aromatic rings. The molecule has 2 fully saturated rings. The smallest absolute Gasteiger partial charge is 0.00699 e. The van der Waals surface area contributed by atoms with E-state index in [0.717, 1.165) is 11.8 Å². The third kappa shape index (κ3) is 0.877. The highest BCUT2D eigenvalue weighted by Crippen LogP contribution is 2.40. The maximum atomic E-state index is 5.92. The first-order chi connectivity index (χ1) is 4.36. The zero-order valence-electron chi connectivity index (χ0n) is 5.84. The SMILES string of the molecule is N[C@H]1C[C@H]2CCC[C@@H]1C2. The van der Waals surface area contributed by atoms with Crippen molar-refractivity contribution >= 4 is 0 Å². The first-order valence-electron chi connectivity index (χ1n) is 4.12. The van der Waals surface area contributed by atoms with Crippen LogP contribution in [0.5, 0.6) is 0 Å². The minimum atomic E-state index is 0.567. The van der Waals surface area contributed by atoms with Crippen LogP contribution in [0.1, 0.15) is 32.1 Å². The van der Waals surface area contributed by atoms with Gasteiger partial charge in [-0.1, -0.05) is 12.8 Å². The molecule has 0 aromatic carbocycles. The third-order valence-electron chi connectivity index (χ3n) is 3.03.